The van der Waals surface area contributed by atoms with Crippen molar-refractivity contribution in [3.8, 4) is 5.75 Å². The molecule has 0 aliphatic heterocycles. The fourth-order valence-corrected chi connectivity index (χ4v) is 2.65. The Bertz CT molecular complexity index is 955. The Morgan fingerprint density at radius 3 is 2.58 bits per heavy atom. The smallest absolute Gasteiger partial charge is 0.271 e. The summed E-state index contributed by atoms with van der Waals surface area (Å²) in [5, 5.41) is 15.6. The highest BCUT2D eigenvalue weighted by Crippen LogP contribution is 2.23. The molecule has 0 radical (unpaired) electrons. The van der Waals surface area contributed by atoms with E-state index in [1.54, 1.807) is 6.07 Å². The fourth-order valence-electron chi connectivity index (χ4n) is 2.65. The van der Waals surface area contributed by atoms with Gasteiger partial charge in [0.2, 0.25) is 0 Å². The largest absolute Gasteiger partial charge is 0.481 e. The van der Waals surface area contributed by atoms with E-state index in [2.05, 4.69) is 5.32 Å². The molecule has 0 saturated carbocycles. The number of nitrogens with zero attached hydrogens (tertiary/aromatic N) is 1. The van der Waals surface area contributed by atoms with Gasteiger partial charge in [-0.15, -0.1) is 0 Å². The van der Waals surface area contributed by atoms with Gasteiger partial charge >= 0.3 is 0 Å². The summed E-state index contributed by atoms with van der Waals surface area (Å²) in [6, 6.07) is 19.4. The van der Waals surface area contributed by atoms with E-state index < -0.39 is 11.0 Å². The van der Waals surface area contributed by atoms with Crippen LogP contribution in [0.15, 0.2) is 66.7 Å². The number of rotatable bonds is 6. The molecule has 0 aliphatic carbocycles. The van der Waals surface area contributed by atoms with Crippen LogP contribution in [0.1, 0.15) is 13.3 Å². The monoisotopic (exact) mass is 350 g/mol. The molecule has 3 rings (SSSR count). The van der Waals surface area contributed by atoms with Crippen molar-refractivity contribution in [3.63, 3.8) is 0 Å². The number of amides is 1. The quantitative estimate of drug-likeness (QED) is 0.522. The Labute approximate surface area is 150 Å². The summed E-state index contributed by atoms with van der Waals surface area (Å²) in [6.45, 7) is 1.85. The van der Waals surface area contributed by atoms with Gasteiger partial charge in [-0.1, -0.05) is 43.3 Å². The maximum atomic E-state index is 12.5. The zero-order valence-corrected chi connectivity index (χ0v) is 14.2. The van der Waals surface area contributed by atoms with Gasteiger partial charge in [0.15, 0.2) is 6.10 Å². The maximum Gasteiger partial charge on any atom is 0.271 e. The molecular weight excluding hydrogens is 332 g/mol. The molecule has 0 saturated heterocycles. The summed E-state index contributed by atoms with van der Waals surface area (Å²) >= 11 is 0. The van der Waals surface area contributed by atoms with Crippen molar-refractivity contribution < 1.29 is 14.5 Å². The third kappa shape index (κ3) is 3.97. The summed E-state index contributed by atoms with van der Waals surface area (Å²) in [7, 11) is 0. The molecule has 132 valence electrons. The molecule has 3 aromatic carbocycles. The lowest BCUT2D eigenvalue weighted by atomic mass is 10.1. The molecule has 1 amide bonds. The maximum absolute atomic E-state index is 12.5. The van der Waals surface area contributed by atoms with Crippen molar-refractivity contribution in [1.82, 2.24) is 0 Å². The minimum absolute atomic E-state index is 0.0775. The van der Waals surface area contributed by atoms with Crippen LogP contribution in [0, 0.1) is 10.1 Å². The van der Waals surface area contributed by atoms with Crippen LogP contribution in [-0.4, -0.2) is 16.9 Å². The molecule has 0 heterocycles. The highest BCUT2D eigenvalue weighted by Gasteiger charge is 2.19. The zero-order valence-electron chi connectivity index (χ0n) is 14.2. The van der Waals surface area contributed by atoms with Gasteiger partial charge in [0.05, 0.1) is 4.92 Å². The van der Waals surface area contributed by atoms with E-state index in [0.717, 1.165) is 10.8 Å². The SMILES string of the molecule is CC[C@H](Oc1ccc2ccccc2c1)C(=O)Nc1cccc([N+](=O)[O-])c1. The Morgan fingerprint density at radius 1 is 1.08 bits per heavy atom. The number of carbonyl (C=O) groups excluding carboxylic acids is 1. The lowest BCUT2D eigenvalue weighted by Crippen LogP contribution is -2.32. The predicted octanol–water partition coefficient (Wildman–Crippen LogP) is 4.54. The number of non-ortho nitro benzene ring substituents is 1. The molecule has 1 N–H and O–H groups in total. The number of nitro benzene ring substituents is 1. The standard InChI is InChI=1S/C20H18N2O4/c1-2-19(20(23)21-16-8-5-9-17(13-16)22(24)25)26-18-11-10-14-6-3-4-7-15(14)12-18/h3-13,19H,2H2,1H3,(H,21,23)/t19-/m0/s1. The first kappa shape index (κ1) is 17.4. The molecule has 1 atom stereocenters. The van der Waals surface area contributed by atoms with Gasteiger partial charge in [-0.05, 0) is 35.4 Å². The topological polar surface area (TPSA) is 81.5 Å². The van der Waals surface area contributed by atoms with Gasteiger partial charge in [0, 0.05) is 17.8 Å². The van der Waals surface area contributed by atoms with Gasteiger partial charge in [0.1, 0.15) is 5.75 Å². The van der Waals surface area contributed by atoms with E-state index in [1.807, 2.05) is 49.4 Å². The molecule has 26 heavy (non-hydrogen) atoms. The number of ether oxygens (including phenoxy) is 1. The molecule has 3 aromatic rings. The zero-order chi connectivity index (χ0) is 18.5. The van der Waals surface area contributed by atoms with E-state index >= 15 is 0 Å². The van der Waals surface area contributed by atoms with Crippen LogP contribution in [0.2, 0.25) is 0 Å². The lowest BCUT2D eigenvalue weighted by molar-refractivity contribution is -0.384. The molecular formula is C20H18N2O4. The highest BCUT2D eigenvalue weighted by atomic mass is 16.6. The first-order valence-electron chi connectivity index (χ1n) is 8.27. The Kier molecular flexibility index (Phi) is 5.12. The second-order valence-corrected chi connectivity index (χ2v) is 5.82. The van der Waals surface area contributed by atoms with Gasteiger partial charge in [-0.3, -0.25) is 14.9 Å². The first-order chi connectivity index (χ1) is 12.6. The second kappa shape index (κ2) is 7.65. The van der Waals surface area contributed by atoms with E-state index in [0.29, 0.717) is 17.9 Å². The van der Waals surface area contributed by atoms with Crippen molar-refractivity contribution in [1.29, 1.82) is 0 Å². The Morgan fingerprint density at radius 2 is 1.85 bits per heavy atom. The number of hydrogen-bond donors (Lipinski definition) is 1. The van der Waals surface area contributed by atoms with E-state index in [4.69, 9.17) is 4.74 Å². The number of hydrogen-bond acceptors (Lipinski definition) is 4. The van der Waals surface area contributed by atoms with Gasteiger partial charge in [0.25, 0.3) is 11.6 Å². The van der Waals surface area contributed by atoms with Gasteiger partial charge in [-0.25, -0.2) is 0 Å². The minimum Gasteiger partial charge on any atom is -0.481 e. The van der Waals surface area contributed by atoms with Crippen LogP contribution in [0.25, 0.3) is 10.8 Å². The van der Waals surface area contributed by atoms with Gasteiger partial charge in [-0.2, -0.15) is 0 Å². The average Bonchev–Trinajstić information content (AvgIpc) is 2.66. The molecule has 0 bridgehead atoms. The molecule has 0 fully saturated rings. The Balaban J connectivity index is 1.74. The summed E-state index contributed by atoms with van der Waals surface area (Å²) in [5.41, 5.74) is 0.288. The van der Waals surface area contributed by atoms with Crippen molar-refractivity contribution in [2.24, 2.45) is 0 Å². The molecule has 6 heteroatoms. The number of nitrogens with one attached hydrogen (secondary N) is 1. The van der Waals surface area contributed by atoms with Crippen LogP contribution in [0.4, 0.5) is 11.4 Å². The number of fused-ring (bicyclic) bond motifs is 1. The molecule has 0 aromatic heterocycles. The first-order valence-corrected chi connectivity index (χ1v) is 8.27. The summed E-state index contributed by atoms with van der Waals surface area (Å²) in [4.78, 5) is 22.8. The number of nitro groups is 1. The van der Waals surface area contributed by atoms with Crippen molar-refractivity contribution in [2.45, 2.75) is 19.4 Å². The molecule has 0 aliphatic rings. The summed E-state index contributed by atoms with van der Waals surface area (Å²) in [6.07, 6.45) is -0.233. The van der Waals surface area contributed by atoms with Gasteiger partial charge < -0.3 is 10.1 Å². The van der Waals surface area contributed by atoms with Crippen LogP contribution in [0.5, 0.6) is 5.75 Å². The van der Waals surface area contributed by atoms with E-state index in [9.17, 15) is 14.9 Å². The number of anilines is 1. The summed E-state index contributed by atoms with van der Waals surface area (Å²) in [5.74, 6) is 0.255. The summed E-state index contributed by atoms with van der Waals surface area (Å²) < 4.78 is 5.84. The van der Waals surface area contributed by atoms with Crippen LogP contribution in [-0.2, 0) is 4.79 Å². The number of benzene rings is 3. The van der Waals surface area contributed by atoms with E-state index in [1.165, 1.54) is 18.2 Å². The van der Waals surface area contributed by atoms with Crippen molar-refractivity contribution >= 4 is 28.1 Å². The van der Waals surface area contributed by atoms with Crippen molar-refractivity contribution in [3.05, 3.63) is 76.8 Å². The predicted molar refractivity (Wildman–Crippen MR) is 100 cm³/mol. The minimum atomic E-state index is -0.699. The fraction of sp³-hybridized carbons (Fsp3) is 0.150. The van der Waals surface area contributed by atoms with Crippen LogP contribution >= 0.6 is 0 Å². The van der Waals surface area contributed by atoms with Crippen molar-refractivity contribution in [2.75, 3.05) is 5.32 Å². The second-order valence-electron chi connectivity index (χ2n) is 5.82. The lowest BCUT2D eigenvalue weighted by Gasteiger charge is -2.17. The number of carbonyl (C=O) groups is 1. The Hall–Kier alpha value is -3.41. The molecule has 0 unspecified atom stereocenters. The molecule has 6 nitrogen and oxygen atoms in total. The third-order valence-electron chi connectivity index (χ3n) is 3.99. The van der Waals surface area contributed by atoms with Crippen LogP contribution in [0.3, 0.4) is 0 Å². The highest BCUT2D eigenvalue weighted by molar-refractivity contribution is 5.94. The third-order valence-corrected chi connectivity index (χ3v) is 3.99. The normalized spacial score (nSPS) is 11.7. The van der Waals surface area contributed by atoms with E-state index in [-0.39, 0.29) is 11.6 Å². The van der Waals surface area contributed by atoms with Crippen LogP contribution < -0.4 is 10.1 Å². The average molecular weight is 350 g/mol. The molecule has 0 spiro atoms.